The third-order valence-electron chi connectivity index (χ3n) is 1.45. The summed E-state index contributed by atoms with van der Waals surface area (Å²) in [6.45, 7) is 0.931. The average molecular weight is 174 g/mol. The molecular weight excluding hydrogens is 164 g/mol. The summed E-state index contributed by atoms with van der Waals surface area (Å²) in [5, 5.41) is 8.08. The lowest BCUT2D eigenvalue weighted by Gasteiger charge is -1.99. The lowest BCUT2D eigenvalue weighted by Crippen LogP contribution is -1.95. The smallest absolute Gasteiger partial charge is 0.205 e. The second-order valence-electron chi connectivity index (χ2n) is 2.41. The van der Waals surface area contributed by atoms with E-state index < -0.39 is 0 Å². The Morgan fingerprint density at radius 1 is 1.38 bits per heavy atom. The minimum atomic E-state index is 0.377. The molecule has 1 aromatic carbocycles. The molecule has 0 saturated carbocycles. The van der Waals surface area contributed by atoms with E-state index in [0.29, 0.717) is 13.2 Å². The van der Waals surface area contributed by atoms with Gasteiger partial charge < -0.3 is 4.74 Å². The molecule has 0 saturated heterocycles. The first-order chi connectivity index (χ1) is 6.43. The van der Waals surface area contributed by atoms with E-state index in [2.05, 4.69) is 4.99 Å². The average Bonchev–Trinajstić information content (AvgIpc) is 2.19. The highest BCUT2D eigenvalue weighted by Gasteiger charge is 1.88. The fraction of sp³-hybridized carbons (Fsp3) is 0.200. The van der Waals surface area contributed by atoms with Gasteiger partial charge in [-0.15, -0.1) is 0 Å². The fourth-order valence-electron chi connectivity index (χ4n) is 0.882. The van der Waals surface area contributed by atoms with Crippen LogP contribution in [0.25, 0.3) is 0 Å². The second kappa shape index (κ2) is 5.92. The molecular formula is C10H10N2O. The topological polar surface area (TPSA) is 45.4 Å². The molecule has 1 aromatic rings. The molecule has 0 aliphatic carbocycles. The Balaban J connectivity index is 2.21. The first kappa shape index (κ1) is 9.43. The summed E-state index contributed by atoms with van der Waals surface area (Å²) in [4.78, 5) is 3.36. The fourth-order valence-corrected chi connectivity index (χ4v) is 0.882. The van der Waals surface area contributed by atoms with Gasteiger partial charge in [0.2, 0.25) is 6.19 Å². The van der Waals surface area contributed by atoms with Gasteiger partial charge in [0.15, 0.2) is 0 Å². The molecule has 0 aromatic heterocycles. The van der Waals surface area contributed by atoms with Crippen LogP contribution < -0.4 is 0 Å². The standard InChI is InChI=1S/C10H10N2O/c11-9-12-6-7-13-8-10-4-2-1-3-5-10/h1-6H,7-8H2. The highest BCUT2D eigenvalue weighted by atomic mass is 16.5. The lowest BCUT2D eigenvalue weighted by molar-refractivity contribution is 0.160. The van der Waals surface area contributed by atoms with Gasteiger partial charge in [-0.1, -0.05) is 30.3 Å². The Hall–Kier alpha value is -1.66. The highest BCUT2D eigenvalue weighted by Crippen LogP contribution is 1.99. The van der Waals surface area contributed by atoms with Crippen LogP contribution >= 0.6 is 0 Å². The Morgan fingerprint density at radius 3 is 2.85 bits per heavy atom. The van der Waals surface area contributed by atoms with Gasteiger partial charge in [0.25, 0.3) is 0 Å². The SMILES string of the molecule is N#CN=CCOCc1ccccc1. The Bertz CT molecular complexity index is 300. The maximum atomic E-state index is 8.08. The predicted octanol–water partition coefficient (Wildman–Crippen LogP) is 1.76. The molecule has 0 amide bonds. The second-order valence-corrected chi connectivity index (χ2v) is 2.41. The van der Waals surface area contributed by atoms with Crippen molar-refractivity contribution in [2.75, 3.05) is 6.61 Å². The van der Waals surface area contributed by atoms with Crippen LogP contribution in [0.3, 0.4) is 0 Å². The Labute approximate surface area is 77.3 Å². The van der Waals surface area contributed by atoms with Gasteiger partial charge in [0.1, 0.15) is 0 Å². The molecule has 1 rings (SSSR count). The van der Waals surface area contributed by atoms with Crippen molar-refractivity contribution in [3.05, 3.63) is 35.9 Å². The van der Waals surface area contributed by atoms with Crippen LogP contribution in [-0.2, 0) is 11.3 Å². The van der Waals surface area contributed by atoms with E-state index in [9.17, 15) is 0 Å². The third-order valence-corrected chi connectivity index (χ3v) is 1.45. The zero-order valence-electron chi connectivity index (χ0n) is 7.18. The zero-order chi connectivity index (χ0) is 9.36. The van der Waals surface area contributed by atoms with E-state index in [4.69, 9.17) is 10.00 Å². The van der Waals surface area contributed by atoms with Crippen molar-refractivity contribution in [1.82, 2.24) is 0 Å². The largest absolute Gasteiger partial charge is 0.371 e. The molecule has 0 spiro atoms. The summed E-state index contributed by atoms with van der Waals surface area (Å²) in [5.74, 6) is 0. The van der Waals surface area contributed by atoms with E-state index in [1.165, 1.54) is 6.21 Å². The van der Waals surface area contributed by atoms with Crippen LogP contribution in [0, 0.1) is 11.5 Å². The van der Waals surface area contributed by atoms with E-state index >= 15 is 0 Å². The van der Waals surface area contributed by atoms with Gasteiger partial charge >= 0.3 is 0 Å². The van der Waals surface area contributed by atoms with Gasteiger partial charge in [-0.05, 0) is 5.56 Å². The number of nitriles is 1. The molecule has 0 fully saturated rings. The van der Waals surface area contributed by atoms with Crippen LogP contribution in [0.5, 0.6) is 0 Å². The molecule has 0 heterocycles. The molecule has 3 heteroatoms. The van der Waals surface area contributed by atoms with Crippen molar-refractivity contribution in [2.45, 2.75) is 6.61 Å². The van der Waals surface area contributed by atoms with E-state index in [0.717, 1.165) is 5.56 Å². The van der Waals surface area contributed by atoms with E-state index in [1.54, 1.807) is 6.19 Å². The van der Waals surface area contributed by atoms with Gasteiger partial charge in [-0.2, -0.15) is 10.3 Å². The molecule has 0 N–H and O–H groups in total. The summed E-state index contributed by atoms with van der Waals surface area (Å²) >= 11 is 0. The molecule has 0 atom stereocenters. The van der Waals surface area contributed by atoms with E-state index in [-0.39, 0.29) is 0 Å². The lowest BCUT2D eigenvalue weighted by atomic mass is 10.2. The molecule has 66 valence electrons. The van der Waals surface area contributed by atoms with Crippen molar-refractivity contribution in [1.29, 1.82) is 5.26 Å². The molecule has 13 heavy (non-hydrogen) atoms. The monoisotopic (exact) mass is 174 g/mol. The minimum Gasteiger partial charge on any atom is -0.371 e. The summed E-state index contributed by atoms with van der Waals surface area (Å²) in [6.07, 6.45) is 3.10. The van der Waals surface area contributed by atoms with Gasteiger partial charge in [0, 0.05) is 6.21 Å². The zero-order valence-corrected chi connectivity index (χ0v) is 7.18. The van der Waals surface area contributed by atoms with Crippen molar-refractivity contribution in [3.63, 3.8) is 0 Å². The normalized spacial score (nSPS) is 10.1. The maximum Gasteiger partial charge on any atom is 0.205 e. The third kappa shape index (κ3) is 4.04. The summed E-state index contributed by atoms with van der Waals surface area (Å²) in [6, 6.07) is 9.85. The van der Waals surface area contributed by atoms with Gasteiger partial charge in [-0.25, -0.2) is 0 Å². The number of hydrogen-bond donors (Lipinski definition) is 0. The molecule has 3 nitrogen and oxygen atoms in total. The van der Waals surface area contributed by atoms with Crippen LogP contribution in [0.2, 0.25) is 0 Å². The molecule has 0 aliphatic rings. The summed E-state index contributed by atoms with van der Waals surface area (Å²) < 4.78 is 5.22. The summed E-state index contributed by atoms with van der Waals surface area (Å²) in [5.41, 5.74) is 1.12. The van der Waals surface area contributed by atoms with Crippen LogP contribution in [0.1, 0.15) is 5.56 Å². The first-order valence-electron chi connectivity index (χ1n) is 3.96. The van der Waals surface area contributed by atoms with Crippen molar-refractivity contribution in [2.24, 2.45) is 4.99 Å². The minimum absolute atomic E-state index is 0.377. The predicted molar refractivity (Wildman–Crippen MR) is 50.2 cm³/mol. The quantitative estimate of drug-likeness (QED) is 0.396. The Kier molecular flexibility index (Phi) is 4.30. The van der Waals surface area contributed by atoms with Crippen LogP contribution in [0.15, 0.2) is 35.3 Å². The van der Waals surface area contributed by atoms with Crippen molar-refractivity contribution >= 4 is 6.21 Å². The molecule has 0 aliphatic heterocycles. The maximum absolute atomic E-state index is 8.08. The molecule has 0 bridgehead atoms. The number of hydrogen-bond acceptors (Lipinski definition) is 3. The first-order valence-corrected chi connectivity index (χ1v) is 3.96. The van der Waals surface area contributed by atoms with Crippen LogP contribution in [-0.4, -0.2) is 12.8 Å². The number of ether oxygens (including phenoxy) is 1. The van der Waals surface area contributed by atoms with E-state index in [1.807, 2.05) is 30.3 Å². The number of benzene rings is 1. The Morgan fingerprint density at radius 2 is 2.15 bits per heavy atom. The molecule has 0 radical (unpaired) electrons. The van der Waals surface area contributed by atoms with Gasteiger partial charge in [-0.3, -0.25) is 0 Å². The van der Waals surface area contributed by atoms with Crippen LogP contribution in [0.4, 0.5) is 0 Å². The highest BCUT2D eigenvalue weighted by molar-refractivity contribution is 5.59. The van der Waals surface area contributed by atoms with Crippen molar-refractivity contribution < 1.29 is 4.74 Å². The van der Waals surface area contributed by atoms with Crippen molar-refractivity contribution in [3.8, 4) is 6.19 Å². The number of aliphatic imine (C=N–C) groups is 1. The van der Waals surface area contributed by atoms with Gasteiger partial charge in [0.05, 0.1) is 13.2 Å². The number of rotatable bonds is 4. The summed E-state index contributed by atoms with van der Waals surface area (Å²) in [7, 11) is 0. The number of nitrogens with zero attached hydrogens (tertiary/aromatic N) is 2. The molecule has 0 unspecified atom stereocenters.